The van der Waals surface area contributed by atoms with E-state index in [0.717, 1.165) is 0 Å². The van der Waals surface area contributed by atoms with Gasteiger partial charge in [0.05, 0.1) is 6.21 Å². The Kier molecular flexibility index (Phi) is 2.59. The molecule has 58 valence electrons. The van der Waals surface area contributed by atoms with E-state index in [4.69, 9.17) is 5.21 Å². The first-order chi connectivity index (χ1) is 5.24. The standard InChI is InChI=1S/C7H5BrFNO/c8-7-3-6(9)2-1-5(7)4-10-11/h1-4,11H. The Morgan fingerprint density at radius 3 is 2.82 bits per heavy atom. The van der Waals surface area contributed by atoms with E-state index in [1.54, 1.807) is 0 Å². The second-order valence-electron chi connectivity index (χ2n) is 1.91. The van der Waals surface area contributed by atoms with Crippen molar-refractivity contribution in [3.05, 3.63) is 34.1 Å². The smallest absolute Gasteiger partial charge is 0.124 e. The predicted octanol–water partition coefficient (Wildman–Crippen LogP) is 2.40. The molecule has 1 aromatic rings. The minimum absolute atomic E-state index is 0.327. The second kappa shape index (κ2) is 3.48. The van der Waals surface area contributed by atoms with Gasteiger partial charge >= 0.3 is 0 Å². The lowest BCUT2D eigenvalue weighted by molar-refractivity contribution is 0.322. The summed E-state index contributed by atoms with van der Waals surface area (Å²) in [6.07, 6.45) is 1.23. The first-order valence-electron chi connectivity index (χ1n) is 2.86. The number of hydrogen-bond acceptors (Lipinski definition) is 2. The van der Waals surface area contributed by atoms with Crippen LogP contribution in [-0.2, 0) is 0 Å². The molecule has 1 aromatic carbocycles. The minimum atomic E-state index is -0.327. The van der Waals surface area contributed by atoms with Crippen LogP contribution in [0.15, 0.2) is 27.8 Å². The van der Waals surface area contributed by atoms with Gasteiger partial charge in [-0.15, -0.1) is 0 Å². The summed E-state index contributed by atoms with van der Waals surface area (Å²) in [5, 5.41) is 11.0. The van der Waals surface area contributed by atoms with Crippen molar-refractivity contribution in [3.8, 4) is 0 Å². The van der Waals surface area contributed by atoms with Crippen molar-refractivity contribution < 1.29 is 9.60 Å². The van der Waals surface area contributed by atoms with Crippen molar-refractivity contribution in [1.82, 2.24) is 0 Å². The number of oxime groups is 1. The van der Waals surface area contributed by atoms with E-state index in [0.29, 0.717) is 10.0 Å². The van der Waals surface area contributed by atoms with Crippen LogP contribution in [0.4, 0.5) is 4.39 Å². The van der Waals surface area contributed by atoms with Crippen molar-refractivity contribution in [2.24, 2.45) is 5.16 Å². The van der Waals surface area contributed by atoms with E-state index < -0.39 is 0 Å². The molecule has 0 amide bonds. The highest BCUT2D eigenvalue weighted by Gasteiger charge is 1.97. The van der Waals surface area contributed by atoms with E-state index in [9.17, 15) is 4.39 Å². The van der Waals surface area contributed by atoms with Crippen LogP contribution in [0.5, 0.6) is 0 Å². The van der Waals surface area contributed by atoms with Gasteiger partial charge in [0.1, 0.15) is 5.82 Å². The lowest BCUT2D eigenvalue weighted by Crippen LogP contribution is -1.84. The monoisotopic (exact) mass is 217 g/mol. The summed E-state index contributed by atoms with van der Waals surface area (Å²) < 4.78 is 13.0. The summed E-state index contributed by atoms with van der Waals surface area (Å²) in [6.45, 7) is 0. The van der Waals surface area contributed by atoms with Crippen LogP contribution in [-0.4, -0.2) is 11.4 Å². The summed E-state index contributed by atoms with van der Waals surface area (Å²) in [4.78, 5) is 0. The van der Waals surface area contributed by atoms with Gasteiger partial charge in [-0.3, -0.25) is 0 Å². The predicted molar refractivity (Wildman–Crippen MR) is 43.5 cm³/mol. The summed E-state index contributed by atoms with van der Waals surface area (Å²) in [6, 6.07) is 4.11. The molecule has 0 spiro atoms. The molecule has 11 heavy (non-hydrogen) atoms. The number of hydrogen-bond donors (Lipinski definition) is 1. The van der Waals surface area contributed by atoms with Gasteiger partial charge in [0.25, 0.3) is 0 Å². The lowest BCUT2D eigenvalue weighted by Gasteiger charge is -1.95. The molecule has 1 rings (SSSR count). The molecule has 0 bridgehead atoms. The molecule has 0 fully saturated rings. The van der Waals surface area contributed by atoms with E-state index >= 15 is 0 Å². The maximum absolute atomic E-state index is 12.5. The fourth-order valence-corrected chi connectivity index (χ4v) is 1.12. The summed E-state index contributed by atoms with van der Waals surface area (Å²) in [5.41, 5.74) is 0.633. The van der Waals surface area contributed by atoms with Crippen LogP contribution in [0.2, 0.25) is 0 Å². The normalized spacial score (nSPS) is 10.7. The second-order valence-corrected chi connectivity index (χ2v) is 2.76. The third kappa shape index (κ3) is 2.01. The molecule has 0 aliphatic carbocycles. The van der Waals surface area contributed by atoms with Gasteiger partial charge in [-0.1, -0.05) is 21.1 Å². The number of benzene rings is 1. The van der Waals surface area contributed by atoms with Crippen molar-refractivity contribution in [2.75, 3.05) is 0 Å². The molecule has 0 saturated carbocycles. The molecular formula is C7H5BrFNO. The van der Waals surface area contributed by atoms with Crippen LogP contribution in [0.1, 0.15) is 5.56 Å². The highest BCUT2D eigenvalue weighted by molar-refractivity contribution is 9.10. The zero-order valence-corrected chi connectivity index (χ0v) is 7.05. The Morgan fingerprint density at radius 1 is 1.55 bits per heavy atom. The van der Waals surface area contributed by atoms with Crippen LogP contribution < -0.4 is 0 Å². The van der Waals surface area contributed by atoms with Gasteiger partial charge in [0.2, 0.25) is 0 Å². The highest BCUT2D eigenvalue weighted by Crippen LogP contribution is 2.15. The fraction of sp³-hybridized carbons (Fsp3) is 0. The Labute approximate surface area is 71.5 Å². The molecule has 1 N–H and O–H groups in total. The summed E-state index contributed by atoms with van der Waals surface area (Å²) >= 11 is 3.11. The zero-order valence-electron chi connectivity index (χ0n) is 5.46. The maximum Gasteiger partial charge on any atom is 0.124 e. The molecule has 2 nitrogen and oxygen atoms in total. The van der Waals surface area contributed by atoms with E-state index in [2.05, 4.69) is 21.1 Å². The molecule has 0 aromatic heterocycles. The summed E-state index contributed by atoms with van der Waals surface area (Å²) in [7, 11) is 0. The van der Waals surface area contributed by atoms with Crippen molar-refractivity contribution in [3.63, 3.8) is 0 Å². The van der Waals surface area contributed by atoms with Crippen molar-refractivity contribution in [1.29, 1.82) is 0 Å². The van der Waals surface area contributed by atoms with Crippen LogP contribution in [0.3, 0.4) is 0 Å². The van der Waals surface area contributed by atoms with Crippen molar-refractivity contribution in [2.45, 2.75) is 0 Å². The van der Waals surface area contributed by atoms with E-state index in [1.807, 2.05) is 0 Å². The summed E-state index contributed by atoms with van der Waals surface area (Å²) in [5.74, 6) is -0.327. The first kappa shape index (κ1) is 8.20. The Bertz CT molecular complexity index is 288. The topological polar surface area (TPSA) is 32.6 Å². The average molecular weight is 218 g/mol. The molecule has 0 aliphatic heterocycles. The maximum atomic E-state index is 12.5. The van der Waals surface area contributed by atoms with Gasteiger partial charge in [0.15, 0.2) is 0 Å². The van der Waals surface area contributed by atoms with Gasteiger partial charge in [0, 0.05) is 10.0 Å². The van der Waals surface area contributed by atoms with E-state index in [-0.39, 0.29) is 5.82 Å². The van der Waals surface area contributed by atoms with E-state index in [1.165, 1.54) is 24.4 Å². The Hall–Kier alpha value is -0.900. The van der Waals surface area contributed by atoms with Crippen molar-refractivity contribution >= 4 is 22.1 Å². The fourth-order valence-electron chi connectivity index (χ4n) is 0.668. The largest absolute Gasteiger partial charge is 0.411 e. The lowest BCUT2D eigenvalue weighted by atomic mass is 10.2. The zero-order chi connectivity index (χ0) is 8.27. The van der Waals surface area contributed by atoms with Crippen LogP contribution in [0.25, 0.3) is 0 Å². The molecular weight excluding hydrogens is 213 g/mol. The molecule has 0 atom stereocenters. The number of rotatable bonds is 1. The molecule has 0 heterocycles. The van der Waals surface area contributed by atoms with Crippen LogP contribution >= 0.6 is 15.9 Å². The third-order valence-electron chi connectivity index (χ3n) is 1.16. The van der Waals surface area contributed by atoms with Gasteiger partial charge in [-0.05, 0) is 18.2 Å². The molecule has 0 radical (unpaired) electrons. The molecule has 0 aliphatic rings. The van der Waals surface area contributed by atoms with Gasteiger partial charge in [-0.2, -0.15) is 0 Å². The SMILES string of the molecule is ON=Cc1ccc(F)cc1Br. The Balaban J connectivity index is 3.09. The number of nitrogens with zero attached hydrogens (tertiary/aromatic N) is 1. The van der Waals surface area contributed by atoms with Crippen LogP contribution in [0, 0.1) is 5.82 Å². The minimum Gasteiger partial charge on any atom is -0.411 e. The Morgan fingerprint density at radius 2 is 2.27 bits per heavy atom. The highest BCUT2D eigenvalue weighted by atomic mass is 79.9. The van der Waals surface area contributed by atoms with Gasteiger partial charge in [-0.25, -0.2) is 4.39 Å². The third-order valence-corrected chi connectivity index (χ3v) is 1.85. The first-order valence-corrected chi connectivity index (χ1v) is 3.66. The molecule has 0 saturated heterocycles. The molecule has 0 unspecified atom stereocenters. The average Bonchev–Trinajstić information content (AvgIpc) is 1.95. The molecule has 4 heteroatoms. The van der Waals surface area contributed by atoms with Gasteiger partial charge < -0.3 is 5.21 Å². The number of halogens is 2. The quantitative estimate of drug-likeness (QED) is 0.438.